The second-order valence-corrected chi connectivity index (χ2v) is 12.0. The van der Waals surface area contributed by atoms with Gasteiger partial charge < -0.3 is 26.2 Å². The van der Waals surface area contributed by atoms with E-state index in [1.807, 2.05) is 30.3 Å². The van der Waals surface area contributed by atoms with Crippen LogP contribution < -0.4 is 21.7 Å². The number of allylic oxidation sites excluding steroid dienone is 1. The number of aliphatic hydroxyl groups excluding tert-OH is 1. The van der Waals surface area contributed by atoms with Gasteiger partial charge in [0.2, 0.25) is 17.7 Å². The smallest absolute Gasteiger partial charge is 0.408 e. The summed E-state index contributed by atoms with van der Waals surface area (Å²) in [6, 6.07) is 6.34. The Bertz CT molecular complexity index is 1020. The zero-order chi connectivity index (χ0) is 30.6. The summed E-state index contributed by atoms with van der Waals surface area (Å²) >= 11 is 0. The van der Waals surface area contributed by atoms with Crippen LogP contribution in [0.5, 0.6) is 0 Å². The standard InChI is InChI=1S/C31H48N4O6/c1-6-13-23(26(36)24(32)18-21-14-9-7-10-15-21)28(38)35-27(37)20(2)33-29(39)25(19-22-16-11-8-12-17-22)34-30(40)41-31(3,4)5/h6,8,11-12,16-17,20-21,23-26,36H,1,7,9-10,13-15,18-19,32H2,2-5H3,(H,33,39)(H,34,40)(H,35,37,38)/t20-,23?,24?,25-,26?/m0/s1. The molecule has 5 atom stereocenters. The van der Waals surface area contributed by atoms with E-state index in [4.69, 9.17) is 10.5 Å². The molecule has 2 rings (SSSR count). The molecule has 228 valence electrons. The monoisotopic (exact) mass is 572 g/mol. The Morgan fingerprint density at radius 2 is 1.68 bits per heavy atom. The molecular weight excluding hydrogens is 524 g/mol. The zero-order valence-corrected chi connectivity index (χ0v) is 24.9. The van der Waals surface area contributed by atoms with Crippen LogP contribution in [-0.4, -0.2) is 58.8 Å². The van der Waals surface area contributed by atoms with Gasteiger partial charge >= 0.3 is 6.09 Å². The molecule has 10 nitrogen and oxygen atoms in total. The number of alkyl carbamates (subject to hydrolysis) is 1. The number of ether oxygens (including phenoxy) is 1. The van der Waals surface area contributed by atoms with Crippen molar-refractivity contribution in [1.82, 2.24) is 16.0 Å². The highest BCUT2D eigenvalue weighted by atomic mass is 16.6. The molecule has 1 aromatic rings. The molecule has 0 saturated heterocycles. The number of rotatable bonds is 13. The Balaban J connectivity index is 2.02. The molecular formula is C31H48N4O6. The molecule has 1 aliphatic rings. The maximum absolute atomic E-state index is 13.2. The van der Waals surface area contributed by atoms with Crippen molar-refractivity contribution in [3.8, 4) is 0 Å². The largest absolute Gasteiger partial charge is 0.444 e. The molecule has 0 bridgehead atoms. The Morgan fingerprint density at radius 1 is 1.05 bits per heavy atom. The second kappa shape index (κ2) is 16.3. The number of nitrogens with two attached hydrogens (primary N) is 1. The minimum Gasteiger partial charge on any atom is -0.444 e. The number of carbonyl (C=O) groups is 4. The minimum absolute atomic E-state index is 0.137. The fraction of sp³-hybridized carbons (Fsp3) is 0.613. The zero-order valence-electron chi connectivity index (χ0n) is 24.9. The van der Waals surface area contributed by atoms with Gasteiger partial charge in [0.05, 0.1) is 12.0 Å². The van der Waals surface area contributed by atoms with Gasteiger partial charge in [0.1, 0.15) is 17.7 Å². The summed E-state index contributed by atoms with van der Waals surface area (Å²) < 4.78 is 5.30. The summed E-state index contributed by atoms with van der Waals surface area (Å²) in [4.78, 5) is 51.5. The van der Waals surface area contributed by atoms with E-state index in [0.29, 0.717) is 12.3 Å². The molecule has 0 aliphatic heterocycles. The fourth-order valence-electron chi connectivity index (χ4n) is 5.04. The van der Waals surface area contributed by atoms with Gasteiger partial charge in [0.15, 0.2) is 0 Å². The van der Waals surface area contributed by atoms with E-state index in [1.165, 1.54) is 19.4 Å². The van der Waals surface area contributed by atoms with Crippen LogP contribution in [0.1, 0.15) is 78.2 Å². The first kappa shape index (κ1) is 34.0. The predicted octanol–water partition coefficient (Wildman–Crippen LogP) is 3.12. The highest BCUT2D eigenvalue weighted by Crippen LogP contribution is 2.28. The summed E-state index contributed by atoms with van der Waals surface area (Å²) in [7, 11) is 0. The number of amides is 4. The summed E-state index contributed by atoms with van der Waals surface area (Å²) in [5, 5.41) is 18.4. The van der Waals surface area contributed by atoms with E-state index in [2.05, 4.69) is 22.5 Å². The third-order valence-electron chi connectivity index (χ3n) is 7.23. The first-order valence-electron chi connectivity index (χ1n) is 14.5. The van der Waals surface area contributed by atoms with Crippen LogP contribution in [0.25, 0.3) is 0 Å². The third kappa shape index (κ3) is 12.0. The SMILES string of the molecule is C=CCC(C(=O)NC(=O)[C@H](C)NC(=O)[C@H](Cc1ccccc1)NC(=O)OC(C)(C)C)C(O)C(N)CC1CCCCC1. The van der Waals surface area contributed by atoms with Crippen LogP contribution in [0.2, 0.25) is 0 Å². The van der Waals surface area contributed by atoms with E-state index in [1.54, 1.807) is 20.8 Å². The van der Waals surface area contributed by atoms with Crippen molar-refractivity contribution in [3.05, 3.63) is 48.6 Å². The lowest BCUT2D eigenvalue weighted by Gasteiger charge is -2.30. The molecule has 0 heterocycles. The van der Waals surface area contributed by atoms with Crippen LogP contribution in [0.4, 0.5) is 4.79 Å². The molecule has 0 spiro atoms. The van der Waals surface area contributed by atoms with Gasteiger partial charge in [-0.2, -0.15) is 0 Å². The number of benzene rings is 1. The Hall–Kier alpha value is -3.24. The predicted molar refractivity (Wildman–Crippen MR) is 158 cm³/mol. The number of hydrogen-bond acceptors (Lipinski definition) is 7. The minimum atomic E-state index is -1.15. The Labute approximate surface area is 243 Å². The van der Waals surface area contributed by atoms with Crippen molar-refractivity contribution >= 4 is 23.8 Å². The first-order chi connectivity index (χ1) is 19.3. The highest BCUT2D eigenvalue weighted by Gasteiger charge is 2.34. The van der Waals surface area contributed by atoms with E-state index >= 15 is 0 Å². The van der Waals surface area contributed by atoms with Gasteiger partial charge in [-0.25, -0.2) is 4.79 Å². The third-order valence-corrected chi connectivity index (χ3v) is 7.23. The first-order valence-corrected chi connectivity index (χ1v) is 14.5. The van der Waals surface area contributed by atoms with Crippen LogP contribution in [0, 0.1) is 11.8 Å². The highest BCUT2D eigenvalue weighted by molar-refractivity contribution is 6.00. The summed E-state index contributed by atoms with van der Waals surface area (Å²) in [5.41, 5.74) is 6.32. The number of carbonyl (C=O) groups excluding carboxylic acids is 4. The maximum Gasteiger partial charge on any atom is 0.408 e. The molecule has 1 fully saturated rings. The van der Waals surface area contributed by atoms with Crippen molar-refractivity contribution in [2.75, 3.05) is 0 Å². The Morgan fingerprint density at radius 3 is 2.27 bits per heavy atom. The van der Waals surface area contributed by atoms with Crippen molar-refractivity contribution in [2.45, 2.75) is 109 Å². The van der Waals surface area contributed by atoms with Gasteiger partial charge in [0.25, 0.3) is 0 Å². The summed E-state index contributed by atoms with van der Waals surface area (Å²) in [5.74, 6) is -2.60. The van der Waals surface area contributed by atoms with Crippen molar-refractivity contribution in [2.24, 2.45) is 17.6 Å². The number of aliphatic hydroxyl groups is 1. The molecule has 1 aliphatic carbocycles. The van der Waals surface area contributed by atoms with Crippen LogP contribution in [-0.2, 0) is 25.5 Å². The average molecular weight is 573 g/mol. The lowest BCUT2D eigenvalue weighted by atomic mass is 9.81. The molecule has 0 aromatic heterocycles. The summed E-state index contributed by atoms with van der Waals surface area (Å²) in [6.45, 7) is 10.2. The lowest BCUT2D eigenvalue weighted by molar-refractivity contribution is -0.138. The number of hydrogen-bond donors (Lipinski definition) is 5. The second-order valence-electron chi connectivity index (χ2n) is 12.0. The molecule has 1 aromatic carbocycles. The van der Waals surface area contributed by atoms with Crippen molar-refractivity contribution < 1.29 is 29.0 Å². The van der Waals surface area contributed by atoms with Crippen LogP contribution in [0.15, 0.2) is 43.0 Å². The van der Waals surface area contributed by atoms with Gasteiger partial charge in [-0.05, 0) is 52.0 Å². The Kier molecular flexibility index (Phi) is 13.5. The van der Waals surface area contributed by atoms with Crippen molar-refractivity contribution in [3.63, 3.8) is 0 Å². The van der Waals surface area contributed by atoms with Crippen LogP contribution >= 0.6 is 0 Å². The quantitative estimate of drug-likeness (QED) is 0.227. The molecule has 10 heteroatoms. The normalized spacial score (nSPS) is 17.7. The van der Waals surface area contributed by atoms with E-state index in [9.17, 15) is 24.3 Å². The lowest BCUT2D eigenvalue weighted by Crippen LogP contribution is -2.55. The van der Waals surface area contributed by atoms with E-state index in [0.717, 1.165) is 31.2 Å². The molecule has 6 N–H and O–H groups in total. The maximum atomic E-state index is 13.2. The molecule has 3 unspecified atom stereocenters. The molecule has 1 saturated carbocycles. The van der Waals surface area contributed by atoms with Gasteiger partial charge in [-0.15, -0.1) is 6.58 Å². The van der Waals surface area contributed by atoms with Gasteiger partial charge in [-0.1, -0.05) is 68.5 Å². The van der Waals surface area contributed by atoms with E-state index < -0.39 is 59.6 Å². The summed E-state index contributed by atoms with van der Waals surface area (Å²) in [6.07, 6.45) is 6.09. The molecule has 0 radical (unpaired) electrons. The average Bonchev–Trinajstić information content (AvgIpc) is 2.90. The van der Waals surface area contributed by atoms with Gasteiger partial charge in [-0.3, -0.25) is 19.7 Å². The van der Waals surface area contributed by atoms with Gasteiger partial charge in [0, 0.05) is 12.5 Å². The van der Waals surface area contributed by atoms with Crippen LogP contribution in [0.3, 0.4) is 0 Å². The molecule has 4 amide bonds. The molecule has 41 heavy (non-hydrogen) atoms. The fourth-order valence-corrected chi connectivity index (χ4v) is 5.04. The number of imide groups is 1. The topological polar surface area (TPSA) is 160 Å². The number of nitrogens with one attached hydrogen (secondary N) is 3. The van der Waals surface area contributed by atoms with Crippen molar-refractivity contribution in [1.29, 1.82) is 0 Å². The van der Waals surface area contributed by atoms with E-state index in [-0.39, 0.29) is 12.8 Å².